The Morgan fingerprint density at radius 3 is 0.895 bits per heavy atom. The molecule has 40 heteroatoms. The SMILES string of the molecule is CC(C)(C)NCCCn1c(Sc2cc3c(cc2[124I])OCO3)nc2c(N)ncnc21.CC(C)(C)NCCCn1c(Sc2cc3c(cc2[131I])OCO3)nc2c(N)ncnc21.CC(C)NCCCn1c(Sc2cc3c(cc2[124I])OCO3)nc2c(N)ncnc21.CC(C)NCCCn1c(Sc2cc3c(cc2[131I])OCO3)nc2c(N)ncnc21. The average molecular weight is 2080 g/mol. The molecule has 16 rings (SSSR count). The van der Waals surface area contributed by atoms with Gasteiger partial charge in [0.1, 0.15) is 25.3 Å². The highest BCUT2D eigenvalue weighted by Crippen LogP contribution is 2.47. The first kappa shape index (κ1) is 84.7. The molecule has 0 atom stereocenters. The van der Waals surface area contributed by atoms with E-state index in [1.165, 1.54) is 25.3 Å². The average Bonchev–Trinajstić information content (AvgIpc) is 1.64. The number of imidazole rings is 4. The normalized spacial score (nSPS) is 13.2. The molecule has 4 aromatic carbocycles. The van der Waals surface area contributed by atoms with Crippen LogP contribution in [0.1, 0.15) is 94.9 Å². The third-order valence-electron chi connectivity index (χ3n) is 17.3. The summed E-state index contributed by atoms with van der Waals surface area (Å²) in [5, 5.41) is 17.3. The van der Waals surface area contributed by atoms with Crippen LogP contribution in [0.4, 0.5) is 23.3 Å². The third kappa shape index (κ3) is 21.2. The summed E-state index contributed by atoms with van der Waals surface area (Å²) in [6, 6.07) is 16.8. The minimum Gasteiger partial charge on any atom is -0.454 e. The van der Waals surface area contributed by atoms with Crippen LogP contribution in [0.2, 0.25) is 0 Å². The van der Waals surface area contributed by atoms with E-state index in [1.807, 2.05) is 48.5 Å². The van der Waals surface area contributed by atoms with Crippen LogP contribution in [-0.2, 0) is 26.2 Å². The molecular weight excluding hydrogens is 1990 g/mol. The molecule has 0 radical (unpaired) electrons. The largest absolute Gasteiger partial charge is 0.454 e. The summed E-state index contributed by atoms with van der Waals surface area (Å²) in [5.74, 6) is 7.69. The van der Waals surface area contributed by atoms with E-state index in [1.54, 1.807) is 47.0 Å². The van der Waals surface area contributed by atoms with Crippen LogP contribution < -0.4 is 82.1 Å². The van der Waals surface area contributed by atoms with E-state index >= 15 is 0 Å². The number of benzene rings is 4. The first-order valence-corrected chi connectivity index (χ1v) is 44.2. The first-order valence-electron chi connectivity index (χ1n) is 36.6. The van der Waals surface area contributed by atoms with Crippen molar-refractivity contribution in [2.45, 2.75) is 184 Å². The molecule has 32 nitrogen and oxygen atoms in total. The number of halogens is 4. The zero-order chi connectivity index (χ0) is 80.5. The maximum atomic E-state index is 6.06. The van der Waals surface area contributed by atoms with Gasteiger partial charge in [0.2, 0.25) is 27.2 Å². The quantitative estimate of drug-likeness (QED) is 0.0184. The molecule has 12 N–H and O–H groups in total. The third-order valence-corrected chi connectivity index (χ3v) is 26.5. The lowest BCUT2D eigenvalue weighted by Crippen LogP contribution is -2.36. The number of ether oxygens (including phenoxy) is 8. The molecule has 12 aromatic rings. The second kappa shape index (κ2) is 38.1. The maximum absolute atomic E-state index is 6.06. The van der Waals surface area contributed by atoms with Gasteiger partial charge in [0.25, 0.3) is 0 Å². The number of nitrogens with zero attached hydrogens (tertiary/aromatic N) is 16. The Morgan fingerprint density at radius 1 is 0.377 bits per heavy atom. The number of fused-ring (bicyclic) bond motifs is 8. The minimum atomic E-state index is 0.0871. The Balaban J connectivity index is 0.000000133. The standard InChI is InChI=1S/2C19H23IN6O2S.2C18H21IN6O2S/c2*1-19(2,3)24-5-4-6-26-17-15(16(21)22-9-23-17)25-18(26)29-14-8-13-12(7-11(14)20)27-10-28-13;2*1-10(2)21-4-3-5-25-17-15(16(20)22-8-23-17)24-18(25)28-14-7-13-12(6-11(14)19)26-9-27-13/h2*7-9,24H,4-6,10H2,1-3H3,(H2,21,22,23);2*6-8,10,21H,3-5,9H2,1-2H3,(H2,20,22,23)/i20+4;20-3;19+4;19-3. The Morgan fingerprint density at radius 2 is 0.623 bits per heavy atom. The van der Waals surface area contributed by atoms with E-state index in [0.29, 0.717) is 57.4 Å². The van der Waals surface area contributed by atoms with Crippen LogP contribution >= 0.6 is 137 Å². The number of nitrogens with two attached hydrogens (primary N) is 4. The van der Waals surface area contributed by atoms with Crippen LogP contribution in [0.3, 0.4) is 0 Å². The van der Waals surface area contributed by atoms with Gasteiger partial charge < -0.3 is 100 Å². The lowest BCUT2D eigenvalue weighted by atomic mass is 10.1. The van der Waals surface area contributed by atoms with Gasteiger partial charge in [0, 0.05) is 83.2 Å². The Bertz CT molecular complexity index is 5100. The second-order valence-corrected chi connectivity index (χ2v) is 37.5. The van der Waals surface area contributed by atoms with Crippen molar-refractivity contribution in [1.29, 1.82) is 0 Å². The zero-order valence-corrected chi connectivity index (χ0v) is 76.2. The summed E-state index contributed by atoms with van der Waals surface area (Å²) < 4.78 is 56.7. The highest BCUT2D eigenvalue weighted by atomic mass is 131. The van der Waals surface area contributed by atoms with Crippen LogP contribution in [0.25, 0.3) is 44.7 Å². The Labute approximate surface area is 730 Å². The Kier molecular flexibility index (Phi) is 28.3. The summed E-state index contributed by atoms with van der Waals surface area (Å²) in [5.41, 5.74) is 30.0. The van der Waals surface area contributed by atoms with Gasteiger partial charge in [0.15, 0.2) is 135 Å². The minimum absolute atomic E-state index is 0.0871. The molecule has 0 saturated heterocycles. The van der Waals surface area contributed by atoms with Crippen molar-refractivity contribution < 1.29 is 37.9 Å². The lowest BCUT2D eigenvalue weighted by molar-refractivity contribution is 0.173. The number of hydrogen-bond acceptors (Lipinski definition) is 32. The Hall–Kier alpha value is -7.16. The van der Waals surface area contributed by atoms with Crippen molar-refractivity contribution in [1.82, 2.24) is 99.3 Å². The maximum Gasteiger partial charge on any atom is 0.231 e. The molecule has 0 spiro atoms. The number of rotatable bonds is 26. The van der Waals surface area contributed by atoms with E-state index < -0.39 is 0 Å². The van der Waals surface area contributed by atoms with Crippen molar-refractivity contribution in [3.05, 3.63) is 88.1 Å². The van der Waals surface area contributed by atoms with Gasteiger partial charge in [-0.05, 0) is 232 Å². The fraction of sp³-hybridized carbons (Fsp3) is 0.405. The van der Waals surface area contributed by atoms with Crippen molar-refractivity contribution in [3.63, 3.8) is 0 Å². The smallest absolute Gasteiger partial charge is 0.231 e. The molecule has 0 unspecified atom stereocenters. The van der Waals surface area contributed by atoms with Gasteiger partial charge in [-0.25, -0.2) is 59.8 Å². The molecule has 0 fully saturated rings. The highest BCUT2D eigenvalue weighted by molar-refractivity contribution is 14.1. The van der Waals surface area contributed by atoms with E-state index in [0.717, 1.165) is 201 Å². The van der Waals surface area contributed by atoms with E-state index in [9.17, 15) is 0 Å². The molecular formula is C74H88I4N24O8S4. The van der Waals surface area contributed by atoms with Gasteiger partial charge in [-0.3, -0.25) is 0 Å². The molecule has 4 aliphatic rings. The lowest BCUT2D eigenvalue weighted by Gasteiger charge is -2.20. The summed E-state index contributed by atoms with van der Waals surface area (Å²) in [7, 11) is 0. The molecule has 0 aliphatic carbocycles. The molecule has 0 bridgehead atoms. The van der Waals surface area contributed by atoms with E-state index in [2.05, 4.69) is 239 Å². The number of nitrogen functional groups attached to an aromatic ring is 4. The number of hydrogen-bond donors (Lipinski definition) is 8. The topological polar surface area (TPSA) is 400 Å². The fourth-order valence-electron chi connectivity index (χ4n) is 11.8. The molecule has 0 amide bonds. The highest BCUT2D eigenvalue weighted by Gasteiger charge is 2.27. The molecule has 12 heterocycles. The monoisotopic (exact) mass is 2080 g/mol. The molecule has 604 valence electrons. The van der Waals surface area contributed by atoms with Crippen molar-refractivity contribution >= 4 is 205 Å². The van der Waals surface area contributed by atoms with Crippen LogP contribution in [0.5, 0.6) is 46.0 Å². The first-order chi connectivity index (χ1) is 54.7. The number of nitrogens with one attached hydrogen (secondary N) is 4. The molecule has 114 heavy (non-hydrogen) atoms. The summed E-state index contributed by atoms with van der Waals surface area (Å²) >= 11 is 15.5. The summed E-state index contributed by atoms with van der Waals surface area (Å²) in [6.07, 6.45) is 9.75. The zero-order valence-electron chi connectivity index (χ0n) is 64.3. The van der Waals surface area contributed by atoms with Crippen molar-refractivity contribution in [2.24, 2.45) is 0 Å². The predicted octanol–water partition coefficient (Wildman–Crippen LogP) is 13.9. The van der Waals surface area contributed by atoms with Crippen LogP contribution in [0.15, 0.2) is 114 Å². The van der Waals surface area contributed by atoms with Crippen molar-refractivity contribution in [2.75, 3.05) is 76.3 Å². The molecule has 4 aliphatic heterocycles. The number of anilines is 4. The van der Waals surface area contributed by atoms with Crippen LogP contribution in [-0.4, -0.2) is 155 Å². The second-order valence-electron chi connectivity index (χ2n) is 28.8. The summed E-state index contributed by atoms with van der Waals surface area (Å²) in [6.45, 7) is 29.3. The van der Waals surface area contributed by atoms with Gasteiger partial charge in [-0.1, -0.05) is 74.7 Å². The van der Waals surface area contributed by atoms with Gasteiger partial charge in [-0.2, -0.15) is 0 Å². The number of aromatic nitrogens is 16. The van der Waals surface area contributed by atoms with Crippen LogP contribution in [0, 0.1) is 14.3 Å². The predicted molar refractivity (Wildman–Crippen MR) is 477 cm³/mol. The number of aryl methyl sites for hydroxylation is 4. The fourth-order valence-corrected chi connectivity index (χ4v) is 18.7. The van der Waals surface area contributed by atoms with Gasteiger partial charge in [-0.15, -0.1) is 0 Å². The molecule has 8 aromatic heterocycles. The summed E-state index contributed by atoms with van der Waals surface area (Å²) in [4.78, 5) is 57.3. The van der Waals surface area contributed by atoms with E-state index in [-0.39, 0.29) is 38.2 Å². The van der Waals surface area contributed by atoms with E-state index in [4.69, 9.17) is 80.8 Å². The van der Waals surface area contributed by atoms with Gasteiger partial charge in [0.05, 0.1) is 0 Å². The molecule has 0 saturated carbocycles. The van der Waals surface area contributed by atoms with Gasteiger partial charge >= 0.3 is 0 Å². The van der Waals surface area contributed by atoms with Crippen molar-refractivity contribution in [3.8, 4) is 46.0 Å².